The third-order valence-corrected chi connectivity index (χ3v) is 5.55. The van der Waals surface area contributed by atoms with Gasteiger partial charge in [-0.2, -0.15) is 0 Å². The average molecular weight is 323 g/mol. The van der Waals surface area contributed by atoms with Crippen molar-refractivity contribution in [2.45, 2.75) is 39.2 Å². The summed E-state index contributed by atoms with van der Waals surface area (Å²) in [4.78, 5) is 14.7. The minimum Gasteiger partial charge on any atom is -0.353 e. The van der Waals surface area contributed by atoms with Crippen LogP contribution in [0.25, 0.3) is 21.6 Å². The van der Waals surface area contributed by atoms with E-state index in [0.29, 0.717) is 6.04 Å². The first-order valence-electron chi connectivity index (χ1n) is 8.32. The van der Waals surface area contributed by atoms with Crippen molar-refractivity contribution in [3.63, 3.8) is 0 Å². The molecule has 1 atom stereocenters. The highest BCUT2D eigenvalue weighted by atomic mass is 32.1. The Labute approximate surface area is 141 Å². The number of hydrogen-bond donors (Lipinski definition) is 0. The maximum Gasteiger partial charge on any atom is 0.163 e. The summed E-state index contributed by atoms with van der Waals surface area (Å²) in [6, 6.07) is 13.1. The van der Waals surface area contributed by atoms with Crippen LogP contribution in [0.2, 0.25) is 0 Å². The monoisotopic (exact) mass is 323 g/mol. The largest absolute Gasteiger partial charge is 0.353 e. The summed E-state index contributed by atoms with van der Waals surface area (Å²) in [7, 11) is 0. The highest BCUT2D eigenvalue weighted by Gasteiger charge is 2.23. The van der Waals surface area contributed by atoms with Gasteiger partial charge in [0, 0.05) is 23.0 Å². The Hall–Kier alpha value is -1.94. The van der Waals surface area contributed by atoms with Crippen LogP contribution in [0.1, 0.15) is 31.1 Å². The van der Waals surface area contributed by atoms with E-state index in [1.54, 1.807) is 11.3 Å². The molecule has 1 saturated heterocycles. The van der Waals surface area contributed by atoms with Gasteiger partial charge >= 0.3 is 0 Å². The number of benzene rings is 1. The maximum absolute atomic E-state index is 4.98. The van der Waals surface area contributed by atoms with Crippen LogP contribution in [0.15, 0.2) is 36.4 Å². The Kier molecular flexibility index (Phi) is 3.77. The Balaban J connectivity index is 1.90. The van der Waals surface area contributed by atoms with Crippen molar-refractivity contribution >= 4 is 27.4 Å². The average Bonchev–Trinajstić information content (AvgIpc) is 2.95. The molecule has 1 aliphatic heterocycles. The number of thiophene rings is 1. The number of rotatable bonds is 2. The van der Waals surface area contributed by atoms with E-state index in [-0.39, 0.29) is 0 Å². The van der Waals surface area contributed by atoms with E-state index >= 15 is 0 Å². The van der Waals surface area contributed by atoms with Gasteiger partial charge in [0.1, 0.15) is 10.6 Å². The number of anilines is 1. The second-order valence-electron chi connectivity index (χ2n) is 6.35. The minimum absolute atomic E-state index is 0.547. The number of nitrogens with zero attached hydrogens (tertiary/aromatic N) is 3. The molecule has 0 aliphatic carbocycles. The minimum atomic E-state index is 0.547. The van der Waals surface area contributed by atoms with Crippen molar-refractivity contribution in [2.75, 3.05) is 11.4 Å². The van der Waals surface area contributed by atoms with E-state index in [0.717, 1.165) is 28.6 Å². The highest BCUT2D eigenvalue weighted by molar-refractivity contribution is 7.18. The van der Waals surface area contributed by atoms with E-state index in [9.17, 15) is 0 Å². The summed E-state index contributed by atoms with van der Waals surface area (Å²) in [5.41, 5.74) is 1.09. The van der Waals surface area contributed by atoms with Gasteiger partial charge in [-0.25, -0.2) is 9.97 Å². The number of aryl methyl sites for hydroxylation is 1. The van der Waals surface area contributed by atoms with Crippen molar-refractivity contribution in [2.24, 2.45) is 0 Å². The van der Waals surface area contributed by atoms with Crippen molar-refractivity contribution in [1.29, 1.82) is 0 Å². The van der Waals surface area contributed by atoms with E-state index < -0.39 is 0 Å². The topological polar surface area (TPSA) is 29.0 Å². The van der Waals surface area contributed by atoms with Crippen LogP contribution in [0.4, 0.5) is 5.82 Å². The van der Waals surface area contributed by atoms with Crippen LogP contribution in [0, 0.1) is 6.92 Å². The molecule has 3 heterocycles. The zero-order chi connectivity index (χ0) is 15.8. The third kappa shape index (κ3) is 2.72. The van der Waals surface area contributed by atoms with Crippen molar-refractivity contribution < 1.29 is 0 Å². The van der Waals surface area contributed by atoms with Gasteiger partial charge in [0.05, 0.1) is 5.39 Å². The Bertz CT molecular complexity index is 825. The molecule has 3 aromatic rings. The zero-order valence-corrected chi connectivity index (χ0v) is 14.4. The summed E-state index contributed by atoms with van der Waals surface area (Å²) in [6.07, 6.45) is 3.81. The SMILES string of the molecule is Cc1cc2c(N3CCCCC3C)nc(-c3ccccc3)nc2s1. The van der Waals surface area contributed by atoms with Crippen LogP contribution < -0.4 is 4.90 Å². The van der Waals surface area contributed by atoms with Gasteiger partial charge in [-0.3, -0.25) is 0 Å². The number of piperidine rings is 1. The van der Waals surface area contributed by atoms with Crippen LogP contribution >= 0.6 is 11.3 Å². The van der Waals surface area contributed by atoms with Gasteiger partial charge in [-0.15, -0.1) is 11.3 Å². The smallest absolute Gasteiger partial charge is 0.163 e. The lowest BCUT2D eigenvalue weighted by Gasteiger charge is -2.34. The molecule has 1 fully saturated rings. The molecule has 0 saturated carbocycles. The molecule has 2 aromatic heterocycles. The lowest BCUT2D eigenvalue weighted by atomic mass is 10.0. The predicted molar refractivity (Wildman–Crippen MR) is 98.2 cm³/mol. The van der Waals surface area contributed by atoms with Crippen LogP contribution in [-0.2, 0) is 0 Å². The molecule has 23 heavy (non-hydrogen) atoms. The van der Waals surface area contributed by atoms with E-state index in [1.165, 1.54) is 29.5 Å². The van der Waals surface area contributed by atoms with Gasteiger partial charge < -0.3 is 4.90 Å². The summed E-state index contributed by atoms with van der Waals surface area (Å²) < 4.78 is 0. The molecule has 0 bridgehead atoms. The predicted octanol–water partition coefficient (Wildman–Crippen LogP) is 5.05. The number of hydrogen-bond acceptors (Lipinski definition) is 4. The van der Waals surface area contributed by atoms with Crippen LogP contribution in [0.3, 0.4) is 0 Å². The number of aromatic nitrogens is 2. The first-order chi connectivity index (χ1) is 11.2. The zero-order valence-electron chi connectivity index (χ0n) is 13.6. The van der Waals surface area contributed by atoms with Gasteiger partial charge in [0.2, 0.25) is 0 Å². The van der Waals surface area contributed by atoms with Crippen LogP contribution in [-0.4, -0.2) is 22.6 Å². The van der Waals surface area contributed by atoms with E-state index in [4.69, 9.17) is 9.97 Å². The van der Waals surface area contributed by atoms with E-state index in [2.05, 4.69) is 36.9 Å². The fourth-order valence-corrected chi connectivity index (χ4v) is 4.25. The summed E-state index contributed by atoms with van der Waals surface area (Å²) in [6.45, 7) is 5.56. The standard InChI is InChI=1S/C19H21N3S/c1-13-8-6-7-11-22(13)18-16-12-14(2)23-19(16)21-17(20-18)15-9-4-3-5-10-15/h3-5,9-10,12-13H,6-8,11H2,1-2H3. The first-order valence-corrected chi connectivity index (χ1v) is 9.14. The molecule has 118 valence electrons. The normalized spacial score (nSPS) is 18.5. The van der Waals surface area contributed by atoms with Crippen LogP contribution in [0.5, 0.6) is 0 Å². The lowest BCUT2D eigenvalue weighted by Crippen LogP contribution is -2.38. The molecule has 0 amide bonds. The molecular formula is C19H21N3S. The fourth-order valence-electron chi connectivity index (χ4n) is 3.37. The lowest BCUT2D eigenvalue weighted by molar-refractivity contribution is 0.482. The second-order valence-corrected chi connectivity index (χ2v) is 7.59. The second kappa shape index (κ2) is 5.93. The van der Waals surface area contributed by atoms with Crippen molar-refractivity contribution in [3.05, 3.63) is 41.3 Å². The Morgan fingerprint density at radius 2 is 1.96 bits per heavy atom. The molecule has 4 heteroatoms. The molecule has 3 nitrogen and oxygen atoms in total. The summed E-state index contributed by atoms with van der Waals surface area (Å²) in [5.74, 6) is 1.96. The molecule has 4 rings (SSSR count). The molecule has 1 aliphatic rings. The van der Waals surface area contributed by atoms with E-state index in [1.807, 2.05) is 18.2 Å². The Morgan fingerprint density at radius 3 is 2.74 bits per heavy atom. The molecule has 0 spiro atoms. The molecule has 1 unspecified atom stereocenters. The molecule has 1 aromatic carbocycles. The van der Waals surface area contributed by atoms with Crippen molar-refractivity contribution in [3.8, 4) is 11.4 Å². The van der Waals surface area contributed by atoms with Gasteiger partial charge in [0.15, 0.2) is 5.82 Å². The molecule has 0 N–H and O–H groups in total. The van der Waals surface area contributed by atoms with Crippen molar-refractivity contribution in [1.82, 2.24) is 9.97 Å². The van der Waals surface area contributed by atoms with Gasteiger partial charge in [-0.1, -0.05) is 30.3 Å². The molecule has 0 radical (unpaired) electrons. The quantitative estimate of drug-likeness (QED) is 0.661. The highest BCUT2D eigenvalue weighted by Crippen LogP contribution is 2.35. The first kappa shape index (κ1) is 14.6. The summed E-state index contributed by atoms with van der Waals surface area (Å²) >= 11 is 1.76. The van der Waals surface area contributed by atoms with Gasteiger partial charge in [0.25, 0.3) is 0 Å². The third-order valence-electron chi connectivity index (χ3n) is 4.60. The maximum atomic E-state index is 4.98. The molecular weight excluding hydrogens is 302 g/mol. The fraction of sp³-hybridized carbons (Fsp3) is 0.368. The number of fused-ring (bicyclic) bond motifs is 1. The Morgan fingerprint density at radius 1 is 1.13 bits per heavy atom. The summed E-state index contributed by atoms with van der Waals surface area (Å²) in [5, 5.41) is 1.21. The van der Waals surface area contributed by atoms with Gasteiger partial charge in [-0.05, 0) is 39.2 Å².